The van der Waals surface area contributed by atoms with Gasteiger partial charge in [0.15, 0.2) is 11.4 Å². The number of hydrogen-bond acceptors (Lipinski definition) is 8. The summed E-state index contributed by atoms with van der Waals surface area (Å²) in [5.74, 6) is -0.244. The summed E-state index contributed by atoms with van der Waals surface area (Å²) in [6, 6.07) is 11.0. The number of anilines is 1. The highest BCUT2D eigenvalue weighted by Crippen LogP contribution is 2.32. The SMILES string of the molecule is CNC(=O)c1c(F)cnc2c(C(C)C(C)CNc3cc(-c4ccc(C5(O)COC5)nc4)ncn3)cccc12. The highest BCUT2D eigenvalue weighted by Gasteiger charge is 2.39. The third-order valence-electron chi connectivity index (χ3n) is 7.17. The van der Waals surface area contributed by atoms with Crippen LogP contribution in [0.4, 0.5) is 10.2 Å². The van der Waals surface area contributed by atoms with E-state index in [4.69, 9.17) is 4.74 Å². The molecule has 0 spiro atoms. The summed E-state index contributed by atoms with van der Waals surface area (Å²) in [6.45, 7) is 5.31. The second-order valence-electron chi connectivity index (χ2n) is 9.70. The summed E-state index contributed by atoms with van der Waals surface area (Å²) in [6.07, 6.45) is 4.29. The summed E-state index contributed by atoms with van der Waals surface area (Å²) in [5, 5.41) is 16.8. The van der Waals surface area contributed by atoms with Crippen molar-refractivity contribution in [2.45, 2.75) is 25.4 Å². The van der Waals surface area contributed by atoms with Gasteiger partial charge in [-0.1, -0.05) is 32.0 Å². The molecule has 5 rings (SSSR count). The molecule has 1 fully saturated rings. The average Bonchev–Trinajstić information content (AvgIpc) is 2.93. The minimum atomic E-state index is -1.01. The van der Waals surface area contributed by atoms with Gasteiger partial charge in [0.05, 0.1) is 41.9 Å². The van der Waals surface area contributed by atoms with Crippen LogP contribution in [0, 0.1) is 11.7 Å². The van der Waals surface area contributed by atoms with E-state index in [0.29, 0.717) is 34.7 Å². The van der Waals surface area contributed by atoms with Crippen LogP contribution in [0.5, 0.6) is 0 Å². The minimum Gasteiger partial charge on any atom is -0.379 e. The first kappa shape index (κ1) is 25.6. The van der Waals surface area contributed by atoms with E-state index >= 15 is 0 Å². The Morgan fingerprint density at radius 3 is 2.63 bits per heavy atom. The van der Waals surface area contributed by atoms with Gasteiger partial charge < -0.3 is 20.5 Å². The number of nitrogens with zero attached hydrogens (tertiary/aromatic N) is 4. The Balaban J connectivity index is 1.30. The van der Waals surface area contributed by atoms with Gasteiger partial charge in [-0.3, -0.25) is 14.8 Å². The number of carbonyl (C=O) groups is 1. The van der Waals surface area contributed by atoms with Gasteiger partial charge in [-0.05, 0) is 29.5 Å². The number of ether oxygens (including phenoxy) is 1. The number of halogens is 1. The van der Waals surface area contributed by atoms with Gasteiger partial charge in [0.2, 0.25) is 0 Å². The smallest absolute Gasteiger partial charge is 0.254 e. The minimum absolute atomic E-state index is 0.00328. The lowest BCUT2D eigenvalue weighted by Gasteiger charge is -2.35. The Kier molecular flexibility index (Phi) is 7.00. The second-order valence-corrected chi connectivity index (χ2v) is 9.70. The summed E-state index contributed by atoms with van der Waals surface area (Å²) in [7, 11) is 1.48. The van der Waals surface area contributed by atoms with Crippen molar-refractivity contribution < 1.29 is 19.0 Å². The Morgan fingerprint density at radius 2 is 1.95 bits per heavy atom. The molecule has 1 aromatic carbocycles. The van der Waals surface area contributed by atoms with Crippen LogP contribution in [0.3, 0.4) is 0 Å². The summed E-state index contributed by atoms with van der Waals surface area (Å²) < 4.78 is 19.5. The number of para-hydroxylation sites is 1. The number of rotatable bonds is 8. The fourth-order valence-electron chi connectivity index (χ4n) is 4.57. The average molecular weight is 517 g/mol. The van der Waals surface area contributed by atoms with Crippen molar-refractivity contribution in [1.82, 2.24) is 25.3 Å². The number of benzene rings is 1. The molecule has 1 aliphatic heterocycles. The predicted molar refractivity (Wildman–Crippen MR) is 141 cm³/mol. The molecule has 0 saturated carbocycles. The quantitative estimate of drug-likeness (QED) is 0.324. The fraction of sp³-hybridized carbons (Fsp3) is 0.321. The van der Waals surface area contributed by atoms with Crippen LogP contribution in [0.1, 0.15) is 41.4 Å². The van der Waals surface area contributed by atoms with E-state index in [-0.39, 0.29) is 30.6 Å². The van der Waals surface area contributed by atoms with Crippen molar-refractivity contribution >= 4 is 22.6 Å². The molecule has 0 aliphatic carbocycles. The number of fused-ring (bicyclic) bond motifs is 1. The van der Waals surface area contributed by atoms with E-state index in [2.05, 4.69) is 44.4 Å². The largest absolute Gasteiger partial charge is 0.379 e. The molecular formula is C28H29FN6O3. The van der Waals surface area contributed by atoms with Crippen molar-refractivity contribution in [3.63, 3.8) is 0 Å². The topological polar surface area (TPSA) is 122 Å². The third-order valence-corrected chi connectivity index (χ3v) is 7.17. The number of pyridine rings is 2. The number of nitrogens with one attached hydrogen (secondary N) is 2. The van der Waals surface area contributed by atoms with Gasteiger partial charge in [-0.25, -0.2) is 14.4 Å². The molecular weight excluding hydrogens is 487 g/mol. The van der Waals surface area contributed by atoms with E-state index in [0.717, 1.165) is 17.3 Å². The summed E-state index contributed by atoms with van der Waals surface area (Å²) in [5.41, 5.74) is 2.65. The first-order valence-electron chi connectivity index (χ1n) is 12.4. The number of aromatic nitrogens is 4. The van der Waals surface area contributed by atoms with E-state index in [1.165, 1.54) is 13.4 Å². The highest BCUT2D eigenvalue weighted by atomic mass is 19.1. The molecule has 0 radical (unpaired) electrons. The molecule has 1 aliphatic rings. The molecule has 196 valence electrons. The van der Waals surface area contributed by atoms with E-state index < -0.39 is 17.3 Å². The lowest BCUT2D eigenvalue weighted by atomic mass is 9.87. The monoisotopic (exact) mass is 516 g/mol. The molecule has 4 heterocycles. The van der Waals surface area contributed by atoms with Gasteiger partial charge >= 0.3 is 0 Å². The number of aliphatic hydroxyl groups is 1. The molecule has 2 atom stereocenters. The molecule has 3 aromatic heterocycles. The van der Waals surface area contributed by atoms with E-state index in [9.17, 15) is 14.3 Å². The Hall–Kier alpha value is -4.02. The van der Waals surface area contributed by atoms with Crippen molar-refractivity contribution in [2.24, 2.45) is 5.92 Å². The number of carbonyl (C=O) groups excluding carboxylic acids is 1. The molecule has 38 heavy (non-hydrogen) atoms. The van der Waals surface area contributed by atoms with E-state index in [1.54, 1.807) is 18.3 Å². The van der Waals surface area contributed by atoms with Crippen LogP contribution in [-0.4, -0.2) is 57.8 Å². The molecule has 2 unspecified atom stereocenters. The van der Waals surface area contributed by atoms with Crippen LogP contribution in [0.2, 0.25) is 0 Å². The first-order valence-corrected chi connectivity index (χ1v) is 12.4. The van der Waals surface area contributed by atoms with Crippen LogP contribution in [0.25, 0.3) is 22.2 Å². The maximum Gasteiger partial charge on any atom is 0.254 e. The molecule has 4 aromatic rings. The second kappa shape index (κ2) is 10.4. The zero-order chi connectivity index (χ0) is 26.9. The van der Waals surface area contributed by atoms with Gasteiger partial charge in [0, 0.05) is 36.8 Å². The standard InChI is InChI=1S/C28H29FN6O3/c1-16(17(2)19-5-4-6-20-25(27(36)30-3)21(29)12-33-26(19)20)10-32-24-9-22(34-15-35-24)18-7-8-23(31-11-18)28(37)13-38-14-28/h4-9,11-12,15-17,37H,10,13-14H2,1-3H3,(H,30,36)(H,32,34,35). The maximum absolute atomic E-state index is 14.4. The Labute approximate surface area is 219 Å². The van der Waals surface area contributed by atoms with Crippen LogP contribution in [0.15, 0.2) is 55.1 Å². The highest BCUT2D eigenvalue weighted by molar-refractivity contribution is 6.06. The van der Waals surface area contributed by atoms with Crippen molar-refractivity contribution in [3.8, 4) is 11.3 Å². The molecule has 1 amide bonds. The third kappa shape index (κ3) is 4.80. The number of amides is 1. The molecule has 1 saturated heterocycles. The first-order chi connectivity index (χ1) is 18.3. The van der Waals surface area contributed by atoms with Crippen molar-refractivity contribution in [1.29, 1.82) is 0 Å². The summed E-state index contributed by atoms with van der Waals surface area (Å²) >= 11 is 0. The zero-order valence-electron chi connectivity index (χ0n) is 21.4. The Morgan fingerprint density at radius 1 is 1.13 bits per heavy atom. The van der Waals surface area contributed by atoms with Crippen LogP contribution >= 0.6 is 0 Å². The van der Waals surface area contributed by atoms with Crippen molar-refractivity contribution in [2.75, 3.05) is 32.1 Å². The predicted octanol–water partition coefficient (Wildman–Crippen LogP) is 3.66. The molecule has 9 nitrogen and oxygen atoms in total. The normalized spacial score (nSPS) is 15.9. The lowest BCUT2D eigenvalue weighted by Crippen LogP contribution is -2.47. The summed E-state index contributed by atoms with van der Waals surface area (Å²) in [4.78, 5) is 29.8. The van der Waals surface area contributed by atoms with Crippen molar-refractivity contribution in [3.05, 3.63) is 77.8 Å². The van der Waals surface area contributed by atoms with Crippen LogP contribution in [-0.2, 0) is 10.3 Å². The fourth-order valence-corrected chi connectivity index (χ4v) is 4.57. The van der Waals surface area contributed by atoms with E-state index in [1.807, 2.05) is 24.3 Å². The van der Waals surface area contributed by atoms with Crippen LogP contribution < -0.4 is 10.6 Å². The van der Waals surface area contributed by atoms with Gasteiger partial charge in [-0.15, -0.1) is 0 Å². The van der Waals surface area contributed by atoms with Gasteiger partial charge in [0.25, 0.3) is 5.91 Å². The molecule has 10 heteroatoms. The van der Waals surface area contributed by atoms with Gasteiger partial charge in [-0.2, -0.15) is 0 Å². The molecule has 3 N–H and O–H groups in total. The zero-order valence-corrected chi connectivity index (χ0v) is 21.4. The van der Waals surface area contributed by atoms with Gasteiger partial charge in [0.1, 0.15) is 12.1 Å². The molecule has 0 bridgehead atoms. The Bertz CT molecular complexity index is 1480. The lowest BCUT2D eigenvalue weighted by molar-refractivity contribution is -0.186. The number of hydrogen-bond donors (Lipinski definition) is 3. The maximum atomic E-state index is 14.4.